The van der Waals surface area contributed by atoms with Crippen molar-refractivity contribution in [2.45, 2.75) is 25.8 Å². The van der Waals surface area contributed by atoms with Crippen LogP contribution in [0.1, 0.15) is 30.3 Å². The molecule has 2 heterocycles. The van der Waals surface area contributed by atoms with Gasteiger partial charge in [-0.25, -0.2) is 13.8 Å². The van der Waals surface area contributed by atoms with Crippen molar-refractivity contribution >= 4 is 10.9 Å². The van der Waals surface area contributed by atoms with E-state index >= 15 is 0 Å². The highest BCUT2D eigenvalue weighted by molar-refractivity contribution is 5.81. The number of hydrogen-bond acceptors (Lipinski definition) is 3. The molecule has 1 aliphatic rings. The van der Waals surface area contributed by atoms with Crippen molar-refractivity contribution < 1.29 is 8.78 Å². The van der Waals surface area contributed by atoms with Gasteiger partial charge in [0.2, 0.25) is 0 Å². The number of fused-ring (bicyclic) bond motifs is 1. The Bertz CT molecular complexity index is 1000. The summed E-state index contributed by atoms with van der Waals surface area (Å²) < 4.78 is 28.8. The highest BCUT2D eigenvalue weighted by Gasteiger charge is 2.24. The molecule has 4 rings (SSSR count). The van der Waals surface area contributed by atoms with Crippen LogP contribution in [-0.2, 0) is 0 Å². The summed E-state index contributed by atoms with van der Waals surface area (Å²) in [6.45, 7) is 2.72. The van der Waals surface area contributed by atoms with Gasteiger partial charge < -0.3 is 5.32 Å². The topological polar surface area (TPSA) is 46.9 Å². The first-order valence-electron chi connectivity index (χ1n) is 8.27. The van der Waals surface area contributed by atoms with Gasteiger partial charge in [0.1, 0.15) is 17.5 Å². The molecule has 0 unspecified atom stereocenters. The van der Waals surface area contributed by atoms with E-state index in [9.17, 15) is 13.6 Å². The number of nitrogens with one attached hydrogen (secondary N) is 1. The monoisotopic (exact) mass is 341 g/mol. The zero-order chi connectivity index (χ0) is 17.6. The number of aryl methyl sites for hydroxylation is 1. The molecule has 0 aliphatic carbocycles. The van der Waals surface area contributed by atoms with E-state index in [-0.39, 0.29) is 17.3 Å². The Kier molecular flexibility index (Phi) is 3.84. The van der Waals surface area contributed by atoms with Gasteiger partial charge in [0, 0.05) is 6.07 Å². The second-order valence-corrected chi connectivity index (χ2v) is 6.36. The molecule has 0 saturated carbocycles. The lowest BCUT2D eigenvalue weighted by molar-refractivity contribution is 0.568. The Morgan fingerprint density at radius 1 is 1.20 bits per heavy atom. The van der Waals surface area contributed by atoms with Crippen molar-refractivity contribution in [2.24, 2.45) is 0 Å². The molecule has 1 fully saturated rings. The molecule has 1 saturated heterocycles. The van der Waals surface area contributed by atoms with Crippen LogP contribution in [-0.4, -0.2) is 16.1 Å². The third-order valence-electron chi connectivity index (χ3n) is 4.60. The second kappa shape index (κ2) is 6.04. The first-order chi connectivity index (χ1) is 12.0. The average molecular weight is 341 g/mol. The van der Waals surface area contributed by atoms with Crippen LogP contribution in [0.15, 0.2) is 41.2 Å². The average Bonchev–Trinajstić information content (AvgIpc) is 3.09. The van der Waals surface area contributed by atoms with Crippen LogP contribution in [0.4, 0.5) is 8.78 Å². The Balaban J connectivity index is 2.08. The highest BCUT2D eigenvalue weighted by atomic mass is 19.1. The zero-order valence-corrected chi connectivity index (χ0v) is 13.7. The van der Waals surface area contributed by atoms with Gasteiger partial charge in [-0.1, -0.05) is 12.1 Å². The van der Waals surface area contributed by atoms with Gasteiger partial charge in [0.25, 0.3) is 5.56 Å². The lowest BCUT2D eigenvalue weighted by Gasteiger charge is -2.19. The van der Waals surface area contributed by atoms with E-state index < -0.39 is 11.6 Å². The summed E-state index contributed by atoms with van der Waals surface area (Å²) in [4.78, 5) is 17.8. The van der Waals surface area contributed by atoms with E-state index in [1.807, 2.05) is 13.0 Å². The van der Waals surface area contributed by atoms with Gasteiger partial charge in [0.15, 0.2) is 0 Å². The fraction of sp³-hybridized carbons (Fsp3) is 0.263. The number of para-hydroxylation sites is 1. The summed E-state index contributed by atoms with van der Waals surface area (Å²) >= 11 is 0. The Labute approximate surface area is 143 Å². The summed E-state index contributed by atoms with van der Waals surface area (Å²) in [5, 5.41) is 3.75. The van der Waals surface area contributed by atoms with Gasteiger partial charge in [0.05, 0.1) is 22.6 Å². The van der Waals surface area contributed by atoms with E-state index in [0.29, 0.717) is 16.7 Å². The SMILES string of the molecule is Cc1cccc2c(=O)n(-c3cc(F)cc(F)c3)c([C@@H]3CCCN3)nc12. The van der Waals surface area contributed by atoms with Crippen molar-refractivity contribution in [3.05, 3.63) is 69.8 Å². The number of aromatic nitrogens is 2. The lowest BCUT2D eigenvalue weighted by Crippen LogP contribution is -2.29. The Morgan fingerprint density at radius 2 is 1.96 bits per heavy atom. The van der Waals surface area contributed by atoms with Crippen molar-refractivity contribution in [3.8, 4) is 5.69 Å². The molecule has 128 valence electrons. The summed E-state index contributed by atoms with van der Waals surface area (Å²) in [6.07, 6.45) is 1.78. The van der Waals surface area contributed by atoms with E-state index in [0.717, 1.165) is 43.1 Å². The van der Waals surface area contributed by atoms with Crippen molar-refractivity contribution in [3.63, 3.8) is 0 Å². The van der Waals surface area contributed by atoms with Gasteiger partial charge in [-0.2, -0.15) is 0 Å². The van der Waals surface area contributed by atoms with Crippen molar-refractivity contribution in [1.82, 2.24) is 14.9 Å². The zero-order valence-electron chi connectivity index (χ0n) is 13.7. The molecule has 0 radical (unpaired) electrons. The van der Waals surface area contributed by atoms with Crippen molar-refractivity contribution in [1.29, 1.82) is 0 Å². The largest absolute Gasteiger partial charge is 0.307 e. The Morgan fingerprint density at radius 3 is 2.64 bits per heavy atom. The van der Waals surface area contributed by atoms with Crippen molar-refractivity contribution in [2.75, 3.05) is 6.54 Å². The maximum absolute atomic E-state index is 13.7. The maximum atomic E-state index is 13.7. The first kappa shape index (κ1) is 15.9. The van der Waals surface area contributed by atoms with Crippen LogP contribution >= 0.6 is 0 Å². The molecule has 1 atom stereocenters. The predicted molar refractivity (Wildman–Crippen MR) is 92.0 cm³/mol. The molecule has 0 spiro atoms. The van der Waals surface area contributed by atoms with Gasteiger partial charge in [-0.15, -0.1) is 0 Å². The van der Waals surface area contributed by atoms with Gasteiger partial charge in [-0.05, 0) is 50.1 Å². The molecule has 25 heavy (non-hydrogen) atoms. The maximum Gasteiger partial charge on any atom is 0.266 e. The van der Waals surface area contributed by atoms with E-state index in [1.54, 1.807) is 12.1 Å². The van der Waals surface area contributed by atoms with Gasteiger partial charge >= 0.3 is 0 Å². The second-order valence-electron chi connectivity index (χ2n) is 6.36. The number of nitrogens with zero attached hydrogens (tertiary/aromatic N) is 2. The molecule has 0 amide bonds. The van der Waals surface area contributed by atoms with Crippen LogP contribution in [0.5, 0.6) is 0 Å². The molecule has 2 aromatic carbocycles. The van der Waals surface area contributed by atoms with E-state index in [2.05, 4.69) is 5.32 Å². The normalized spacial score (nSPS) is 17.3. The fourth-order valence-corrected chi connectivity index (χ4v) is 3.43. The number of rotatable bonds is 2. The minimum atomic E-state index is -0.725. The predicted octanol–water partition coefficient (Wildman–Crippen LogP) is 3.40. The molecule has 6 heteroatoms. The van der Waals surface area contributed by atoms with Crippen LogP contribution < -0.4 is 10.9 Å². The Hall–Kier alpha value is -2.60. The third-order valence-corrected chi connectivity index (χ3v) is 4.60. The molecule has 1 aromatic heterocycles. The minimum Gasteiger partial charge on any atom is -0.307 e. The smallest absolute Gasteiger partial charge is 0.266 e. The van der Waals surface area contributed by atoms with Crippen LogP contribution in [0.25, 0.3) is 16.6 Å². The third kappa shape index (κ3) is 2.72. The van der Waals surface area contributed by atoms with Crippen LogP contribution in [0.3, 0.4) is 0 Å². The van der Waals surface area contributed by atoms with Crippen LogP contribution in [0.2, 0.25) is 0 Å². The van der Waals surface area contributed by atoms with Gasteiger partial charge in [-0.3, -0.25) is 9.36 Å². The molecule has 0 bridgehead atoms. The van der Waals surface area contributed by atoms with E-state index in [4.69, 9.17) is 4.98 Å². The number of hydrogen-bond donors (Lipinski definition) is 1. The summed E-state index contributed by atoms with van der Waals surface area (Å²) in [7, 11) is 0. The number of halogens is 2. The summed E-state index contributed by atoms with van der Waals surface area (Å²) in [6, 6.07) is 8.36. The fourth-order valence-electron chi connectivity index (χ4n) is 3.43. The van der Waals surface area contributed by atoms with Crippen LogP contribution in [0, 0.1) is 18.6 Å². The first-order valence-corrected chi connectivity index (χ1v) is 8.27. The standard InChI is InChI=1S/C19H17F2N3O/c1-11-4-2-5-15-17(11)23-18(16-6-3-7-22-16)24(19(15)25)14-9-12(20)8-13(21)10-14/h2,4-5,8-10,16,22H,3,6-7H2,1H3/t16-/m0/s1. The molecule has 3 aromatic rings. The molecule has 1 aliphatic heterocycles. The van der Waals surface area contributed by atoms with E-state index in [1.165, 1.54) is 4.57 Å². The summed E-state index contributed by atoms with van der Waals surface area (Å²) in [5.74, 6) is -0.956. The minimum absolute atomic E-state index is 0.122. The highest BCUT2D eigenvalue weighted by Crippen LogP contribution is 2.26. The molecule has 1 N–H and O–H groups in total. The molecular weight excluding hydrogens is 324 g/mol. The summed E-state index contributed by atoms with van der Waals surface area (Å²) in [5.41, 5.74) is 1.36. The molecule has 4 nitrogen and oxygen atoms in total. The molecular formula is C19H17F2N3O. The quantitative estimate of drug-likeness (QED) is 0.777. The lowest BCUT2D eigenvalue weighted by atomic mass is 10.1. The number of benzene rings is 2.